The molecule has 0 aliphatic carbocycles. The third-order valence-electron chi connectivity index (χ3n) is 8.38. The van der Waals surface area contributed by atoms with Crippen molar-refractivity contribution < 1.29 is 18.0 Å². The summed E-state index contributed by atoms with van der Waals surface area (Å²) in [6.07, 6.45) is 2.11. The summed E-state index contributed by atoms with van der Waals surface area (Å²) in [5, 5.41) is 0.627. The first-order valence-corrected chi connectivity index (χ1v) is 14.9. The normalized spacial score (nSPS) is 18.0. The van der Waals surface area contributed by atoms with E-state index in [0.29, 0.717) is 36.8 Å². The monoisotopic (exact) mass is 607 g/mol. The number of carbonyl (C=O) groups is 1. The maximum Gasteiger partial charge on any atom is 0.416 e. The van der Waals surface area contributed by atoms with Crippen LogP contribution < -0.4 is 0 Å². The molecule has 0 unspecified atom stereocenters. The molecule has 2 aliphatic rings. The van der Waals surface area contributed by atoms with E-state index in [9.17, 15) is 18.0 Å². The van der Waals surface area contributed by atoms with Crippen molar-refractivity contribution in [3.05, 3.63) is 118 Å². The van der Waals surface area contributed by atoms with Crippen LogP contribution in [0.2, 0.25) is 5.02 Å². The Hall–Kier alpha value is -3.66. The molecule has 0 radical (unpaired) electrons. The molecule has 2 aliphatic heterocycles. The predicted octanol–water partition coefficient (Wildman–Crippen LogP) is 5.97. The minimum Gasteiger partial charge on any atom is -0.333 e. The van der Waals surface area contributed by atoms with Gasteiger partial charge in [0.2, 0.25) is 0 Å². The lowest BCUT2D eigenvalue weighted by atomic mass is 9.99. The third kappa shape index (κ3) is 6.95. The van der Waals surface area contributed by atoms with E-state index in [0.717, 1.165) is 50.3 Å². The molecule has 0 N–H and O–H groups in total. The number of piperazine rings is 1. The zero-order valence-corrected chi connectivity index (χ0v) is 24.4. The summed E-state index contributed by atoms with van der Waals surface area (Å²) in [4.78, 5) is 25.0. The maximum atomic E-state index is 14.0. The van der Waals surface area contributed by atoms with Crippen LogP contribution >= 0.6 is 11.6 Å². The highest BCUT2D eigenvalue weighted by molar-refractivity contribution is 6.30. The molecule has 2 aromatic carbocycles. The fourth-order valence-corrected chi connectivity index (χ4v) is 6.20. The average Bonchev–Trinajstić information content (AvgIpc) is 3.56. The van der Waals surface area contributed by atoms with E-state index < -0.39 is 17.6 Å². The van der Waals surface area contributed by atoms with Crippen LogP contribution in [-0.4, -0.2) is 75.5 Å². The molecule has 4 heterocycles. The van der Waals surface area contributed by atoms with E-state index in [2.05, 4.69) is 20.9 Å². The number of hydrogen-bond acceptors (Lipinski definition) is 4. The molecule has 0 saturated carbocycles. The van der Waals surface area contributed by atoms with Crippen LogP contribution in [0.5, 0.6) is 0 Å². The number of aromatic nitrogens is 2. The van der Waals surface area contributed by atoms with Gasteiger partial charge in [0.15, 0.2) is 0 Å². The summed E-state index contributed by atoms with van der Waals surface area (Å²) >= 11 is 6.12. The van der Waals surface area contributed by atoms with Crippen molar-refractivity contribution in [2.45, 2.75) is 31.6 Å². The van der Waals surface area contributed by atoms with Gasteiger partial charge in [-0.25, -0.2) is 0 Å². The Labute approximate surface area is 254 Å². The average molecular weight is 608 g/mol. The van der Waals surface area contributed by atoms with Gasteiger partial charge >= 0.3 is 6.18 Å². The van der Waals surface area contributed by atoms with Crippen molar-refractivity contribution in [1.29, 1.82) is 0 Å². The lowest BCUT2D eigenvalue weighted by molar-refractivity contribution is -0.137. The Bertz CT molecular complexity index is 1560. The number of benzene rings is 2. The minimum atomic E-state index is -4.58. The van der Waals surface area contributed by atoms with E-state index in [1.807, 2.05) is 36.5 Å². The summed E-state index contributed by atoms with van der Waals surface area (Å²) in [5.41, 5.74) is 2.95. The second-order valence-electron chi connectivity index (χ2n) is 11.3. The van der Waals surface area contributed by atoms with Crippen molar-refractivity contribution in [1.82, 2.24) is 24.3 Å². The summed E-state index contributed by atoms with van der Waals surface area (Å²) < 4.78 is 43.3. The molecule has 6 rings (SSSR count). The van der Waals surface area contributed by atoms with Gasteiger partial charge in [0.05, 0.1) is 5.56 Å². The predicted molar refractivity (Wildman–Crippen MR) is 160 cm³/mol. The molecule has 6 nitrogen and oxygen atoms in total. The molecule has 224 valence electrons. The first kappa shape index (κ1) is 29.4. The van der Waals surface area contributed by atoms with Crippen LogP contribution in [0, 0.1) is 0 Å². The summed E-state index contributed by atoms with van der Waals surface area (Å²) in [6.45, 7) is 5.27. The lowest BCUT2D eigenvalue weighted by Crippen LogP contribution is -2.57. The van der Waals surface area contributed by atoms with Crippen LogP contribution in [0.15, 0.2) is 85.3 Å². The quantitative estimate of drug-likeness (QED) is 0.260. The number of pyridine rings is 1. The molecular formula is C33H33ClF3N5O. The van der Waals surface area contributed by atoms with E-state index in [4.69, 9.17) is 11.6 Å². The molecule has 1 amide bonds. The molecule has 1 saturated heterocycles. The van der Waals surface area contributed by atoms with Gasteiger partial charge in [0.1, 0.15) is 0 Å². The number of carbonyl (C=O) groups excluding carboxylic acids is 1. The minimum absolute atomic E-state index is 0.0358. The maximum absolute atomic E-state index is 14.0. The molecule has 43 heavy (non-hydrogen) atoms. The second-order valence-corrected chi connectivity index (χ2v) is 11.7. The smallest absolute Gasteiger partial charge is 0.333 e. The first-order valence-electron chi connectivity index (χ1n) is 14.5. The molecular weight excluding hydrogens is 575 g/mol. The summed E-state index contributed by atoms with van der Waals surface area (Å²) in [6, 6.07) is 18.5. The zero-order valence-electron chi connectivity index (χ0n) is 23.7. The number of amides is 1. The van der Waals surface area contributed by atoms with Gasteiger partial charge in [-0.1, -0.05) is 29.8 Å². The van der Waals surface area contributed by atoms with Gasteiger partial charge < -0.3 is 9.47 Å². The van der Waals surface area contributed by atoms with Crippen molar-refractivity contribution in [3.63, 3.8) is 0 Å². The van der Waals surface area contributed by atoms with Crippen molar-refractivity contribution in [2.24, 2.45) is 0 Å². The van der Waals surface area contributed by atoms with E-state index in [1.54, 1.807) is 40.1 Å². The van der Waals surface area contributed by atoms with Crippen molar-refractivity contribution >= 4 is 17.5 Å². The van der Waals surface area contributed by atoms with Crippen LogP contribution in [0.25, 0.3) is 5.69 Å². The van der Waals surface area contributed by atoms with Gasteiger partial charge in [0.25, 0.3) is 5.91 Å². The second kappa shape index (κ2) is 12.5. The lowest BCUT2D eigenvalue weighted by Gasteiger charge is -2.42. The fraction of sp³-hybridized carbons (Fsp3) is 0.333. The number of rotatable bonds is 7. The SMILES string of the molecule is O=C(c1cc(-n2cccc2)cc(C(F)(F)F)c1)N1CCN(CCN2CCc3ncccc3C2)C[C@H]1Cc1ccc(Cl)cc1. The van der Waals surface area contributed by atoms with Crippen LogP contribution in [-0.2, 0) is 25.6 Å². The van der Waals surface area contributed by atoms with Crippen LogP contribution in [0.1, 0.15) is 32.7 Å². The van der Waals surface area contributed by atoms with Gasteiger partial charge in [-0.2, -0.15) is 13.2 Å². The highest BCUT2D eigenvalue weighted by atomic mass is 35.5. The molecule has 1 fully saturated rings. The zero-order chi connectivity index (χ0) is 30.0. The highest BCUT2D eigenvalue weighted by Crippen LogP contribution is 2.32. The first-order chi connectivity index (χ1) is 20.7. The molecule has 10 heteroatoms. The van der Waals surface area contributed by atoms with Gasteiger partial charge in [-0.05, 0) is 66.1 Å². The summed E-state index contributed by atoms with van der Waals surface area (Å²) in [5.74, 6) is -0.391. The standard InChI is InChI=1S/C33H33ClF3N5O/c34-28-7-5-24(6-8-28)18-30-23-40(15-14-39-13-9-31-25(22-39)4-3-10-38-31)16-17-42(30)32(43)26-19-27(33(35,36)37)21-29(20-26)41-11-1-2-12-41/h1-8,10-12,19-21,30H,9,13-18,22-23H2/t30-/m1/s1. The van der Waals surface area contributed by atoms with Crippen LogP contribution in [0.3, 0.4) is 0 Å². The van der Waals surface area contributed by atoms with Crippen molar-refractivity contribution in [2.75, 3.05) is 39.3 Å². The Morgan fingerprint density at radius 1 is 0.930 bits per heavy atom. The number of nitrogens with zero attached hydrogens (tertiary/aromatic N) is 5. The molecule has 4 aromatic rings. The number of alkyl halides is 3. The Balaban J connectivity index is 1.21. The van der Waals surface area contributed by atoms with E-state index in [-0.39, 0.29) is 11.6 Å². The molecule has 2 aromatic heterocycles. The van der Waals surface area contributed by atoms with Crippen molar-refractivity contribution in [3.8, 4) is 5.69 Å². The molecule has 1 atom stereocenters. The summed E-state index contributed by atoms with van der Waals surface area (Å²) in [7, 11) is 0. The Kier molecular flexibility index (Phi) is 8.56. The third-order valence-corrected chi connectivity index (χ3v) is 8.63. The number of halogens is 4. The highest BCUT2D eigenvalue weighted by Gasteiger charge is 2.35. The number of fused-ring (bicyclic) bond motifs is 1. The van der Waals surface area contributed by atoms with Gasteiger partial charge in [-0.3, -0.25) is 19.6 Å². The molecule has 0 spiro atoms. The van der Waals surface area contributed by atoms with Gasteiger partial charge in [0, 0.05) is 98.8 Å². The van der Waals surface area contributed by atoms with Gasteiger partial charge in [-0.15, -0.1) is 0 Å². The Morgan fingerprint density at radius 3 is 2.47 bits per heavy atom. The number of hydrogen-bond donors (Lipinski definition) is 0. The fourth-order valence-electron chi connectivity index (χ4n) is 6.08. The molecule has 0 bridgehead atoms. The van der Waals surface area contributed by atoms with Crippen LogP contribution in [0.4, 0.5) is 13.2 Å². The largest absolute Gasteiger partial charge is 0.416 e. The topological polar surface area (TPSA) is 44.6 Å². The Morgan fingerprint density at radius 2 is 1.70 bits per heavy atom. The van der Waals surface area contributed by atoms with E-state index in [1.165, 1.54) is 11.3 Å². The van der Waals surface area contributed by atoms with E-state index >= 15 is 0 Å².